The first kappa shape index (κ1) is 18.6. The Labute approximate surface area is 140 Å². The van der Waals surface area contributed by atoms with Crippen LogP contribution in [0.5, 0.6) is 5.75 Å². The molecule has 0 aliphatic rings. The lowest BCUT2D eigenvalue weighted by Gasteiger charge is -2.21. The van der Waals surface area contributed by atoms with E-state index in [0.717, 1.165) is 0 Å². The number of benzene rings is 1. The van der Waals surface area contributed by atoms with E-state index in [0.29, 0.717) is 37.7 Å². The first-order valence-electron chi connectivity index (χ1n) is 7.05. The van der Waals surface area contributed by atoms with Gasteiger partial charge in [-0.3, -0.25) is 9.59 Å². The maximum Gasteiger partial charge on any atom is 0.311 e. The SMILES string of the molecule is CCCC(=O)Oc1cccc(C(=O)N(CCCl)CCCl)c1N. The Morgan fingerprint density at radius 1 is 1.23 bits per heavy atom. The second-order valence-electron chi connectivity index (χ2n) is 4.61. The van der Waals surface area contributed by atoms with E-state index in [1.807, 2.05) is 6.92 Å². The van der Waals surface area contributed by atoms with Crippen molar-refractivity contribution in [3.63, 3.8) is 0 Å². The van der Waals surface area contributed by atoms with Crippen molar-refractivity contribution in [3.05, 3.63) is 23.8 Å². The Balaban J connectivity index is 2.99. The number of hydrogen-bond acceptors (Lipinski definition) is 4. The highest BCUT2D eigenvalue weighted by molar-refractivity contribution is 6.18. The van der Waals surface area contributed by atoms with Crippen LogP contribution < -0.4 is 10.5 Å². The van der Waals surface area contributed by atoms with Crippen molar-refractivity contribution >= 4 is 40.8 Å². The van der Waals surface area contributed by atoms with E-state index in [9.17, 15) is 9.59 Å². The number of amides is 1. The second-order valence-corrected chi connectivity index (χ2v) is 5.37. The molecular formula is C15H20Cl2N2O3. The number of ether oxygens (including phenoxy) is 1. The monoisotopic (exact) mass is 346 g/mol. The Morgan fingerprint density at radius 2 is 1.86 bits per heavy atom. The number of rotatable bonds is 8. The van der Waals surface area contributed by atoms with Crippen molar-refractivity contribution in [2.45, 2.75) is 19.8 Å². The molecule has 0 aromatic heterocycles. The molecule has 1 aromatic carbocycles. The first-order chi connectivity index (χ1) is 10.5. The highest BCUT2D eigenvalue weighted by atomic mass is 35.5. The lowest BCUT2D eigenvalue weighted by molar-refractivity contribution is -0.134. The summed E-state index contributed by atoms with van der Waals surface area (Å²) in [6.07, 6.45) is 0.971. The summed E-state index contributed by atoms with van der Waals surface area (Å²) in [7, 11) is 0. The lowest BCUT2D eigenvalue weighted by Crippen LogP contribution is -2.35. The zero-order valence-electron chi connectivity index (χ0n) is 12.5. The Kier molecular flexibility index (Phi) is 8.06. The van der Waals surface area contributed by atoms with Gasteiger partial charge in [0.2, 0.25) is 0 Å². The van der Waals surface area contributed by atoms with Gasteiger partial charge in [-0.05, 0) is 18.6 Å². The number of hydrogen-bond donors (Lipinski definition) is 1. The van der Waals surface area contributed by atoms with Gasteiger partial charge in [0.25, 0.3) is 5.91 Å². The lowest BCUT2D eigenvalue weighted by atomic mass is 10.1. The standard InChI is InChI=1S/C15H20Cl2N2O3/c1-2-4-13(20)22-12-6-3-5-11(14(12)18)15(21)19(9-7-16)10-8-17/h3,5-6H,2,4,7-10,18H2,1H3. The van der Waals surface area contributed by atoms with Gasteiger partial charge in [0.05, 0.1) is 11.3 Å². The first-order valence-corrected chi connectivity index (χ1v) is 8.12. The number of anilines is 1. The molecule has 0 unspecified atom stereocenters. The third-order valence-corrected chi connectivity index (χ3v) is 3.31. The van der Waals surface area contributed by atoms with Crippen molar-refractivity contribution < 1.29 is 14.3 Å². The average Bonchev–Trinajstić information content (AvgIpc) is 2.49. The maximum atomic E-state index is 12.5. The molecule has 5 nitrogen and oxygen atoms in total. The Morgan fingerprint density at radius 3 is 2.41 bits per heavy atom. The molecule has 0 heterocycles. The third-order valence-electron chi connectivity index (χ3n) is 2.97. The molecule has 1 amide bonds. The molecule has 0 spiro atoms. The molecule has 2 N–H and O–H groups in total. The number of nitrogens with two attached hydrogens (primary N) is 1. The summed E-state index contributed by atoms with van der Waals surface area (Å²) in [4.78, 5) is 25.6. The topological polar surface area (TPSA) is 72.6 Å². The van der Waals surface area contributed by atoms with Gasteiger partial charge in [-0.15, -0.1) is 23.2 Å². The largest absolute Gasteiger partial charge is 0.424 e. The molecular weight excluding hydrogens is 327 g/mol. The highest BCUT2D eigenvalue weighted by Crippen LogP contribution is 2.27. The Bertz CT molecular complexity index is 518. The van der Waals surface area contributed by atoms with Crippen molar-refractivity contribution in [1.29, 1.82) is 0 Å². The van der Waals surface area contributed by atoms with E-state index < -0.39 is 0 Å². The summed E-state index contributed by atoms with van der Waals surface area (Å²) < 4.78 is 5.19. The normalized spacial score (nSPS) is 10.3. The molecule has 0 saturated carbocycles. The smallest absolute Gasteiger partial charge is 0.311 e. The minimum atomic E-state index is -0.378. The van der Waals surface area contributed by atoms with Gasteiger partial charge in [-0.25, -0.2) is 0 Å². The van der Waals surface area contributed by atoms with Gasteiger partial charge in [0, 0.05) is 31.3 Å². The molecule has 122 valence electrons. The van der Waals surface area contributed by atoms with Crippen LogP contribution in [0.2, 0.25) is 0 Å². The predicted molar refractivity (Wildman–Crippen MR) is 88.7 cm³/mol. The zero-order valence-corrected chi connectivity index (χ0v) is 14.0. The second kappa shape index (κ2) is 9.54. The van der Waals surface area contributed by atoms with E-state index >= 15 is 0 Å². The number of nitrogen functional groups attached to an aromatic ring is 1. The van der Waals surface area contributed by atoms with Crippen molar-refractivity contribution in [1.82, 2.24) is 4.90 Å². The number of carbonyl (C=O) groups excluding carboxylic acids is 2. The zero-order chi connectivity index (χ0) is 16.5. The molecule has 0 saturated heterocycles. The number of halogens is 2. The van der Waals surface area contributed by atoms with E-state index in [4.69, 9.17) is 33.7 Å². The number of alkyl halides is 2. The minimum Gasteiger partial charge on any atom is -0.424 e. The summed E-state index contributed by atoms with van der Waals surface area (Å²) in [5, 5.41) is 0. The molecule has 1 rings (SSSR count). The van der Waals surface area contributed by atoms with Crippen LogP contribution in [0, 0.1) is 0 Å². The van der Waals surface area contributed by atoms with Gasteiger partial charge in [-0.2, -0.15) is 0 Å². The summed E-state index contributed by atoms with van der Waals surface area (Å²) >= 11 is 11.4. The number of esters is 1. The van der Waals surface area contributed by atoms with Crippen LogP contribution in [-0.2, 0) is 4.79 Å². The molecule has 1 aromatic rings. The predicted octanol–water partition coefficient (Wildman–Crippen LogP) is 2.89. The molecule has 22 heavy (non-hydrogen) atoms. The molecule has 0 radical (unpaired) electrons. The third kappa shape index (κ3) is 5.07. The molecule has 0 aliphatic carbocycles. The van der Waals surface area contributed by atoms with Crippen LogP contribution in [0.1, 0.15) is 30.1 Å². The fourth-order valence-corrected chi connectivity index (χ4v) is 2.29. The van der Waals surface area contributed by atoms with Gasteiger partial charge in [0.1, 0.15) is 0 Å². The Hall–Kier alpha value is -1.46. The molecule has 0 fully saturated rings. The van der Waals surface area contributed by atoms with Gasteiger partial charge in [-0.1, -0.05) is 13.0 Å². The quantitative estimate of drug-likeness (QED) is 0.340. The highest BCUT2D eigenvalue weighted by Gasteiger charge is 2.20. The summed E-state index contributed by atoms with van der Waals surface area (Å²) in [6, 6.07) is 4.77. The number of para-hydroxylation sites is 1. The summed E-state index contributed by atoms with van der Waals surface area (Å²) in [5.74, 6) is 0.131. The van der Waals surface area contributed by atoms with E-state index in [1.54, 1.807) is 18.2 Å². The molecule has 0 bridgehead atoms. The summed E-state index contributed by atoms with van der Waals surface area (Å²) in [5.41, 5.74) is 6.39. The fourth-order valence-electron chi connectivity index (χ4n) is 1.89. The maximum absolute atomic E-state index is 12.5. The van der Waals surface area contributed by atoms with Crippen LogP contribution in [0.15, 0.2) is 18.2 Å². The van der Waals surface area contributed by atoms with Crippen molar-refractivity contribution in [3.8, 4) is 5.75 Å². The van der Waals surface area contributed by atoms with Gasteiger partial charge >= 0.3 is 5.97 Å². The number of carbonyl (C=O) groups is 2. The van der Waals surface area contributed by atoms with Crippen LogP contribution in [0.4, 0.5) is 5.69 Å². The van der Waals surface area contributed by atoms with Crippen LogP contribution in [0.25, 0.3) is 0 Å². The molecule has 7 heteroatoms. The molecule has 0 atom stereocenters. The van der Waals surface area contributed by atoms with Crippen LogP contribution in [-0.4, -0.2) is 41.6 Å². The minimum absolute atomic E-state index is 0.145. The van der Waals surface area contributed by atoms with E-state index in [2.05, 4.69) is 0 Å². The molecule has 0 aliphatic heterocycles. The van der Waals surface area contributed by atoms with Crippen molar-refractivity contribution in [2.75, 3.05) is 30.6 Å². The summed E-state index contributed by atoms with van der Waals surface area (Å²) in [6.45, 7) is 2.61. The van der Waals surface area contributed by atoms with E-state index in [-0.39, 0.29) is 28.9 Å². The van der Waals surface area contributed by atoms with Crippen LogP contribution in [0.3, 0.4) is 0 Å². The van der Waals surface area contributed by atoms with Crippen molar-refractivity contribution in [2.24, 2.45) is 0 Å². The van der Waals surface area contributed by atoms with Crippen LogP contribution >= 0.6 is 23.2 Å². The number of nitrogens with zero attached hydrogens (tertiary/aromatic N) is 1. The van der Waals surface area contributed by atoms with Gasteiger partial charge in [0.15, 0.2) is 5.75 Å². The van der Waals surface area contributed by atoms with Gasteiger partial charge < -0.3 is 15.4 Å². The fraction of sp³-hybridized carbons (Fsp3) is 0.467. The average molecular weight is 347 g/mol. The van der Waals surface area contributed by atoms with E-state index in [1.165, 1.54) is 4.90 Å².